The maximum Gasteiger partial charge on any atom is 0.340 e. The first-order valence-electron chi connectivity index (χ1n) is 10.2. The maximum absolute atomic E-state index is 12.6. The number of carbonyl (C=O) groups is 2. The van der Waals surface area contributed by atoms with Gasteiger partial charge in [-0.15, -0.1) is 0 Å². The van der Waals surface area contributed by atoms with Crippen LogP contribution in [-0.4, -0.2) is 43.0 Å². The van der Waals surface area contributed by atoms with Crippen LogP contribution in [0.2, 0.25) is 0 Å². The van der Waals surface area contributed by atoms with Crippen LogP contribution in [0.5, 0.6) is 11.5 Å². The van der Waals surface area contributed by atoms with Crippen LogP contribution in [0.4, 0.5) is 0 Å². The summed E-state index contributed by atoms with van der Waals surface area (Å²) in [5, 5.41) is 12.6. The van der Waals surface area contributed by atoms with E-state index in [1.165, 1.54) is 26.0 Å². The molecule has 0 saturated heterocycles. The number of aliphatic carboxylic acids is 1. The van der Waals surface area contributed by atoms with Crippen molar-refractivity contribution in [3.05, 3.63) is 69.6 Å². The van der Waals surface area contributed by atoms with Crippen LogP contribution in [0.1, 0.15) is 16.7 Å². The van der Waals surface area contributed by atoms with Crippen molar-refractivity contribution < 1.29 is 28.6 Å². The van der Waals surface area contributed by atoms with Gasteiger partial charge < -0.3 is 24.3 Å². The minimum atomic E-state index is -1.14. The van der Waals surface area contributed by atoms with Crippen LogP contribution in [0.15, 0.2) is 51.7 Å². The molecule has 0 radical (unpaired) electrons. The van der Waals surface area contributed by atoms with Gasteiger partial charge in [0.2, 0.25) is 5.91 Å². The van der Waals surface area contributed by atoms with Gasteiger partial charge in [-0.05, 0) is 18.1 Å². The molecule has 33 heavy (non-hydrogen) atoms. The number of nitrogens with one attached hydrogen (secondary N) is 1. The minimum absolute atomic E-state index is 0.143. The lowest BCUT2D eigenvalue weighted by Crippen LogP contribution is -2.43. The maximum atomic E-state index is 12.6. The topological polar surface area (TPSA) is 115 Å². The van der Waals surface area contributed by atoms with Gasteiger partial charge >= 0.3 is 11.6 Å². The van der Waals surface area contributed by atoms with E-state index in [9.17, 15) is 19.5 Å². The molecule has 2 aromatic carbocycles. The molecule has 3 aromatic rings. The van der Waals surface area contributed by atoms with Crippen LogP contribution in [-0.2, 0) is 21.8 Å². The zero-order chi connectivity index (χ0) is 24.0. The summed E-state index contributed by atoms with van der Waals surface area (Å²) in [6.07, 6.45) is -0.313. The van der Waals surface area contributed by atoms with Crippen LogP contribution in [0.3, 0.4) is 0 Å². The van der Waals surface area contributed by atoms with E-state index >= 15 is 0 Å². The van der Waals surface area contributed by atoms with Gasteiger partial charge in [-0.25, -0.2) is 9.59 Å². The molecule has 1 atom stereocenters. The first-order valence-corrected chi connectivity index (χ1v) is 11.3. The fraction of sp³-hybridized carbons (Fsp3) is 0.292. The highest BCUT2D eigenvalue weighted by Gasteiger charge is 2.23. The molecular weight excluding hydrogens is 446 g/mol. The van der Waals surface area contributed by atoms with Gasteiger partial charge in [-0.2, -0.15) is 11.8 Å². The molecule has 0 saturated carbocycles. The third-order valence-electron chi connectivity index (χ3n) is 5.14. The number of methoxy groups -OCH3 is 2. The molecule has 1 heterocycles. The van der Waals surface area contributed by atoms with E-state index in [4.69, 9.17) is 13.9 Å². The number of carboxylic acid groups (broad SMARTS) is 1. The second-order valence-corrected chi connectivity index (χ2v) is 8.36. The number of aryl methyl sites for hydroxylation is 1. The minimum Gasteiger partial charge on any atom is -0.496 e. The fourth-order valence-corrected chi connectivity index (χ4v) is 4.42. The van der Waals surface area contributed by atoms with Crippen LogP contribution in [0, 0.1) is 6.92 Å². The largest absolute Gasteiger partial charge is 0.496 e. The van der Waals surface area contributed by atoms with Crippen molar-refractivity contribution in [1.29, 1.82) is 0 Å². The number of fused-ring (bicyclic) bond motifs is 1. The Morgan fingerprint density at radius 1 is 1.15 bits per heavy atom. The normalized spacial score (nSPS) is 11.7. The predicted octanol–water partition coefficient (Wildman–Crippen LogP) is 3.16. The van der Waals surface area contributed by atoms with Crippen LogP contribution < -0.4 is 20.4 Å². The van der Waals surface area contributed by atoms with E-state index in [1.54, 1.807) is 19.1 Å². The van der Waals surface area contributed by atoms with E-state index in [1.807, 2.05) is 30.3 Å². The van der Waals surface area contributed by atoms with Crippen molar-refractivity contribution in [2.75, 3.05) is 20.0 Å². The molecule has 2 N–H and O–H groups in total. The predicted molar refractivity (Wildman–Crippen MR) is 126 cm³/mol. The molecule has 0 spiro atoms. The first kappa shape index (κ1) is 24.2. The van der Waals surface area contributed by atoms with Crippen LogP contribution in [0.25, 0.3) is 11.0 Å². The molecular formula is C24H25NO7S. The van der Waals surface area contributed by atoms with Crippen molar-refractivity contribution in [2.45, 2.75) is 25.1 Å². The monoisotopic (exact) mass is 471 g/mol. The number of ether oxygens (including phenoxy) is 2. The molecule has 0 aliphatic carbocycles. The number of carbonyl (C=O) groups excluding carboxylic acids is 1. The summed E-state index contributed by atoms with van der Waals surface area (Å²) in [5.74, 6) is -0.00555. The van der Waals surface area contributed by atoms with Gasteiger partial charge in [0.25, 0.3) is 0 Å². The van der Waals surface area contributed by atoms with Gasteiger partial charge in [0.15, 0.2) is 0 Å². The Labute approximate surface area is 194 Å². The van der Waals surface area contributed by atoms with E-state index in [0.29, 0.717) is 28.2 Å². The molecule has 0 fully saturated rings. The Hall–Kier alpha value is -3.46. The summed E-state index contributed by atoms with van der Waals surface area (Å²) in [5.41, 5.74) is 1.34. The van der Waals surface area contributed by atoms with Crippen molar-refractivity contribution in [2.24, 2.45) is 0 Å². The van der Waals surface area contributed by atoms with Gasteiger partial charge in [0, 0.05) is 23.6 Å². The van der Waals surface area contributed by atoms with E-state index in [-0.39, 0.29) is 23.3 Å². The highest BCUT2D eigenvalue weighted by Crippen LogP contribution is 2.33. The Morgan fingerprint density at radius 2 is 1.88 bits per heavy atom. The van der Waals surface area contributed by atoms with Crippen molar-refractivity contribution >= 4 is 34.6 Å². The fourth-order valence-electron chi connectivity index (χ4n) is 3.41. The van der Waals surface area contributed by atoms with E-state index in [2.05, 4.69) is 5.32 Å². The molecule has 9 heteroatoms. The molecule has 1 aromatic heterocycles. The average Bonchev–Trinajstić information content (AvgIpc) is 2.80. The Balaban J connectivity index is 1.75. The second-order valence-electron chi connectivity index (χ2n) is 7.33. The molecule has 1 unspecified atom stereocenters. The number of benzene rings is 2. The summed E-state index contributed by atoms with van der Waals surface area (Å²) in [6.45, 7) is 1.70. The zero-order valence-corrected chi connectivity index (χ0v) is 19.4. The van der Waals surface area contributed by atoms with Gasteiger partial charge in [-0.3, -0.25) is 4.79 Å². The van der Waals surface area contributed by atoms with Gasteiger partial charge in [0.1, 0.15) is 23.1 Å². The lowest BCUT2D eigenvalue weighted by atomic mass is 10.0. The third-order valence-corrected chi connectivity index (χ3v) is 6.25. The molecule has 0 aliphatic heterocycles. The zero-order valence-electron chi connectivity index (χ0n) is 18.5. The molecule has 0 aliphatic rings. The quantitative estimate of drug-likeness (QED) is 0.433. The highest BCUT2D eigenvalue weighted by atomic mass is 32.2. The average molecular weight is 472 g/mol. The Kier molecular flexibility index (Phi) is 8.00. The lowest BCUT2D eigenvalue weighted by Gasteiger charge is -2.15. The van der Waals surface area contributed by atoms with Gasteiger partial charge in [0.05, 0.1) is 31.6 Å². The summed E-state index contributed by atoms with van der Waals surface area (Å²) in [6, 6.07) is 11.8. The van der Waals surface area contributed by atoms with Gasteiger partial charge in [-0.1, -0.05) is 30.3 Å². The number of carboxylic acids is 1. The second kappa shape index (κ2) is 10.9. The summed E-state index contributed by atoms with van der Waals surface area (Å²) in [7, 11) is 2.97. The molecule has 3 rings (SSSR count). The number of hydrogen-bond acceptors (Lipinski definition) is 7. The number of thioether (sulfide) groups is 1. The van der Waals surface area contributed by atoms with E-state index < -0.39 is 23.5 Å². The highest BCUT2D eigenvalue weighted by molar-refractivity contribution is 7.98. The smallest absolute Gasteiger partial charge is 0.340 e. The molecule has 174 valence electrons. The number of hydrogen-bond donors (Lipinski definition) is 2. The van der Waals surface area contributed by atoms with Crippen molar-refractivity contribution in [3.63, 3.8) is 0 Å². The standard InChI is InChI=1S/C24H25NO7S/c1-14-17(24(29)32-20-10-16(30-2)9-19(31-3)22(14)20)11-21(26)25-18(23(27)28)13-33-12-15-7-5-4-6-8-15/h4-10,18H,11-13H2,1-3H3,(H,25,26)(H,27,28). The Morgan fingerprint density at radius 3 is 2.52 bits per heavy atom. The van der Waals surface area contributed by atoms with Crippen molar-refractivity contribution in [3.8, 4) is 11.5 Å². The number of amides is 1. The third kappa shape index (κ3) is 5.87. The molecule has 8 nitrogen and oxygen atoms in total. The lowest BCUT2D eigenvalue weighted by molar-refractivity contribution is -0.141. The van der Waals surface area contributed by atoms with E-state index in [0.717, 1.165) is 5.56 Å². The van der Waals surface area contributed by atoms with Crippen molar-refractivity contribution in [1.82, 2.24) is 5.32 Å². The number of rotatable bonds is 10. The summed E-state index contributed by atoms with van der Waals surface area (Å²) < 4.78 is 16.0. The molecule has 1 amide bonds. The molecule has 0 bridgehead atoms. The SMILES string of the molecule is COc1cc(OC)c2c(C)c(CC(=O)NC(CSCc3ccccc3)C(=O)O)c(=O)oc2c1. The Bertz CT molecular complexity index is 1210. The first-order chi connectivity index (χ1) is 15.8. The summed E-state index contributed by atoms with van der Waals surface area (Å²) in [4.78, 5) is 36.9. The van der Waals surface area contributed by atoms with Crippen LogP contribution >= 0.6 is 11.8 Å². The summed E-state index contributed by atoms with van der Waals surface area (Å²) >= 11 is 1.40.